The van der Waals surface area contributed by atoms with Crippen molar-refractivity contribution >= 4 is 43.5 Å². The van der Waals surface area contributed by atoms with E-state index in [1.54, 1.807) is 6.07 Å². The lowest BCUT2D eigenvalue weighted by molar-refractivity contribution is -0.385. The van der Waals surface area contributed by atoms with Gasteiger partial charge in [-0.25, -0.2) is 0 Å². The number of carbonyl (C=O) groups is 1. The van der Waals surface area contributed by atoms with Gasteiger partial charge in [0, 0.05) is 11.6 Å². The van der Waals surface area contributed by atoms with Gasteiger partial charge in [-0.3, -0.25) is 14.9 Å². The third-order valence-corrected chi connectivity index (χ3v) is 4.58. The second kappa shape index (κ2) is 5.40. The summed E-state index contributed by atoms with van der Waals surface area (Å²) in [7, 11) is 0. The van der Waals surface area contributed by atoms with E-state index in [4.69, 9.17) is 5.11 Å². The van der Waals surface area contributed by atoms with Crippen molar-refractivity contribution in [2.75, 3.05) is 0 Å². The van der Waals surface area contributed by atoms with Crippen molar-refractivity contribution in [3.8, 4) is 0 Å². The van der Waals surface area contributed by atoms with Gasteiger partial charge < -0.3 is 5.11 Å². The highest BCUT2D eigenvalue weighted by Crippen LogP contribution is 2.36. The number of para-hydroxylation sites is 1. The Morgan fingerprint density at radius 2 is 1.94 bits per heavy atom. The molecule has 0 spiro atoms. The normalized spacial score (nSPS) is 14.1. The molecule has 0 aliphatic carbocycles. The largest absolute Gasteiger partial charge is 0.480 e. The van der Waals surface area contributed by atoms with Crippen molar-refractivity contribution in [2.45, 2.75) is 9.65 Å². The van der Waals surface area contributed by atoms with Gasteiger partial charge in [0.25, 0.3) is 5.69 Å². The molecule has 0 aliphatic heterocycles. The summed E-state index contributed by atoms with van der Waals surface area (Å²) in [6.45, 7) is 0. The van der Waals surface area contributed by atoms with Crippen molar-refractivity contribution in [3.05, 3.63) is 39.9 Å². The van der Waals surface area contributed by atoms with Crippen LogP contribution in [-0.2, 0) is 4.79 Å². The summed E-state index contributed by atoms with van der Waals surface area (Å²) >= 11 is 6.10. The number of rotatable bonds is 4. The Kier molecular flexibility index (Phi) is 4.43. The molecule has 1 aromatic rings. The maximum Gasteiger partial charge on any atom is 0.318 e. The standard InChI is InChI=1S/C9H7Br2NO4/c10-7(8(11)9(13)14)5-3-1-2-4-6(5)12(15)16/h1-4,7-8H,(H,13,14)/t7-,8+/m0/s1. The zero-order valence-electron chi connectivity index (χ0n) is 7.84. The lowest BCUT2D eigenvalue weighted by Gasteiger charge is -2.12. The van der Waals surface area contributed by atoms with Crippen LogP contribution in [0.4, 0.5) is 5.69 Å². The highest BCUT2D eigenvalue weighted by molar-refractivity contribution is 9.12. The number of nitro groups is 1. The lowest BCUT2D eigenvalue weighted by Crippen LogP contribution is -2.18. The SMILES string of the molecule is O=C(O)[C@H](Br)[C@@H](Br)c1ccccc1[N+](=O)[O-]. The van der Waals surface area contributed by atoms with Gasteiger partial charge in [0.1, 0.15) is 4.83 Å². The average molecular weight is 353 g/mol. The van der Waals surface area contributed by atoms with Crippen molar-refractivity contribution < 1.29 is 14.8 Å². The fourth-order valence-corrected chi connectivity index (χ4v) is 2.07. The number of hydrogen-bond donors (Lipinski definition) is 1. The minimum Gasteiger partial charge on any atom is -0.480 e. The van der Waals surface area contributed by atoms with Crippen LogP contribution in [0.1, 0.15) is 10.4 Å². The van der Waals surface area contributed by atoms with E-state index in [2.05, 4.69) is 31.9 Å². The van der Waals surface area contributed by atoms with E-state index in [0.29, 0.717) is 5.56 Å². The van der Waals surface area contributed by atoms with E-state index in [0.717, 1.165) is 0 Å². The molecular formula is C9H7Br2NO4. The Hall–Kier alpha value is -0.950. The molecule has 16 heavy (non-hydrogen) atoms. The molecule has 86 valence electrons. The van der Waals surface area contributed by atoms with E-state index in [-0.39, 0.29) is 5.69 Å². The van der Waals surface area contributed by atoms with Crippen molar-refractivity contribution in [3.63, 3.8) is 0 Å². The summed E-state index contributed by atoms with van der Waals surface area (Å²) in [4.78, 5) is 19.4. The second-order valence-electron chi connectivity index (χ2n) is 2.96. The number of alkyl halides is 2. The van der Waals surface area contributed by atoms with Crippen LogP contribution in [0.3, 0.4) is 0 Å². The topological polar surface area (TPSA) is 80.4 Å². The molecule has 0 saturated heterocycles. The molecule has 1 rings (SSSR count). The monoisotopic (exact) mass is 351 g/mol. The number of benzene rings is 1. The van der Waals surface area contributed by atoms with Gasteiger partial charge in [-0.15, -0.1) is 0 Å². The van der Waals surface area contributed by atoms with Gasteiger partial charge in [-0.2, -0.15) is 0 Å². The third-order valence-electron chi connectivity index (χ3n) is 1.92. The molecule has 1 aromatic carbocycles. The first-order chi connectivity index (χ1) is 7.45. The molecule has 1 N–H and O–H groups in total. The quantitative estimate of drug-likeness (QED) is 0.513. The van der Waals surface area contributed by atoms with Crippen LogP contribution in [0.2, 0.25) is 0 Å². The Morgan fingerprint density at radius 3 is 2.44 bits per heavy atom. The molecule has 5 nitrogen and oxygen atoms in total. The molecule has 0 saturated carbocycles. The Balaban J connectivity index is 3.12. The molecule has 0 fully saturated rings. The first-order valence-corrected chi connectivity index (χ1v) is 6.02. The molecule has 0 unspecified atom stereocenters. The zero-order chi connectivity index (χ0) is 12.3. The van der Waals surface area contributed by atoms with Gasteiger partial charge in [-0.05, 0) is 0 Å². The summed E-state index contributed by atoms with van der Waals surface area (Å²) < 4.78 is 0. The number of halogens is 2. The average Bonchev–Trinajstić information content (AvgIpc) is 2.26. The van der Waals surface area contributed by atoms with Gasteiger partial charge in [-0.1, -0.05) is 50.1 Å². The maximum absolute atomic E-state index is 10.7. The van der Waals surface area contributed by atoms with Crippen molar-refractivity contribution in [1.29, 1.82) is 0 Å². The first kappa shape index (κ1) is 13.1. The van der Waals surface area contributed by atoms with E-state index >= 15 is 0 Å². The summed E-state index contributed by atoms with van der Waals surface area (Å²) in [5.74, 6) is -1.08. The number of hydrogen-bond acceptors (Lipinski definition) is 3. The third kappa shape index (κ3) is 2.79. The summed E-state index contributed by atoms with van der Waals surface area (Å²) in [5, 5.41) is 19.5. The van der Waals surface area contributed by atoms with Crippen LogP contribution < -0.4 is 0 Å². The van der Waals surface area contributed by atoms with Gasteiger partial charge in [0.05, 0.1) is 9.75 Å². The van der Waals surface area contributed by atoms with Crippen molar-refractivity contribution in [2.24, 2.45) is 0 Å². The van der Waals surface area contributed by atoms with E-state index in [9.17, 15) is 14.9 Å². The minimum absolute atomic E-state index is 0.102. The molecule has 0 radical (unpaired) electrons. The second-order valence-corrected chi connectivity index (χ2v) is 4.93. The molecule has 0 aliphatic rings. The predicted octanol–water partition coefficient (Wildman–Crippen LogP) is 2.88. The fraction of sp³-hybridized carbons (Fsp3) is 0.222. The molecular weight excluding hydrogens is 346 g/mol. The predicted molar refractivity (Wildman–Crippen MR) is 65.1 cm³/mol. The van der Waals surface area contributed by atoms with Crippen LogP contribution in [0.15, 0.2) is 24.3 Å². The number of aliphatic carboxylic acids is 1. The molecule has 0 bridgehead atoms. The molecule has 2 atom stereocenters. The van der Waals surface area contributed by atoms with Gasteiger partial charge in [0.15, 0.2) is 0 Å². The van der Waals surface area contributed by atoms with E-state index in [1.165, 1.54) is 18.2 Å². The summed E-state index contributed by atoms with van der Waals surface area (Å²) in [5.41, 5.74) is 0.229. The number of nitro benzene ring substituents is 1. The molecule has 0 heterocycles. The smallest absolute Gasteiger partial charge is 0.318 e. The van der Waals surface area contributed by atoms with Crippen LogP contribution in [0.5, 0.6) is 0 Å². The van der Waals surface area contributed by atoms with Gasteiger partial charge >= 0.3 is 5.97 Å². The van der Waals surface area contributed by atoms with E-state index in [1.807, 2.05) is 0 Å². The Bertz CT molecular complexity index is 424. The minimum atomic E-state index is -1.08. The molecule has 0 aromatic heterocycles. The highest BCUT2D eigenvalue weighted by Gasteiger charge is 2.29. The highest BCUT2D eigenvalue weighted by atomic mass is 79.9. The lowest BCUT2D eigenvalue weighted by atomic mass is 10.1. The first-order valence-electron chi connectivity index (χ1n) is 4.19. The van der Waals surface area contributed by atoms with Gasteiger partial charge in [0.2, 0.25) is 0 Å². The molecule has 0 amide bonds. The van der Waals surface area contributed by atoms with Crippen LogP contribution >= 0.6 is 31.9 Å². The maximum atomic E-state index is 10.7. The number of carboxylic acid groups (broad SMARTS) is 1. The number of carboxylic acids is 1. The van der Waals surface area contributed by atoms with E-state index < -0.39 is 20.5 Å². The van der Waals surface area contributed by atoms with Crippen LogP contribution in [-0.4, -0.2) is 20.8 Å². The zero-order valence-corrected chi connectivity index (χ0v) is 11.0. The summed E-state index contributed by atoms with van der Waals surface area (Å²) in [6, 6.07) is 6.02. The van der Waals surface area contributed by atoms with Crippen LogP contribution in [0, 0.1) is 10.1 Å². The summed E-state index contributed by atoms with van der Waals surface area (Å²) in [6.07, 6.45) is 0. The number of nitrogens with zero attached hydrogens (tertiary/aromatic N) is 1. The Labute approximate surface area is 108 Å². The van der Waals surface area contributed by atoms with Crippen molar-refractivity contribution in [1.82, 2.24) is 0 Å². The Morgan fingerprint density at radius 1 is 1.38 bits per heavy atom. The fourth-order valence-electron chi connectivity index (χ4n) is 1.17. The molecule has 7 heteroatoms. The van der Waals surface area contributed by atoms with Crippen LogP contribution in [0.25, 0.3) is 0 Å².